The van der Waals surface area contributed by atoms with E-state index in [1.165, 1.54) is 69.4 Å². The first-order chi connectivity index (χ1) is 8.92. The van der Waals surface area contributed by atoms with Gasteiger partial charge in [0, 0.05) is 18.3 Å². The Kier molecular flexibility index (Phi) is 3.84. The third kappa shape index (κ3) is 2.86. The molecule has 0 aliphatic carbocycles. The standard InChI is InChI=1S/C16H24N2/c1-4-11-18(12-5-1)13-10-15-9-8-14-6-2-3-7-16(14)17-15/h2-3,6-7,15,17H,1,4-5,8-13H2. The first-order valence-corrected chi connectivity index (χ1v) is 7.48. The van der Waals surface area contributed by atoms with E-state index >= 15 is 0 Å². The number of likely N-dealkylation sites (tertiary alicyclic amines) is 1. The number of para-hydroxylation sites is 1. The molecule has 0 bridgehead atoms. The van der Waals surface area contributed by atoms with E-state index in [1.54, 1.807) is 0 Å². The summed E-state index contributed by atoms with van der Waals surface area (Å²) in [6.45, 7) is 3.92. The smallest absolute Gasteiger partial charge is 0.0374 e. The van der Waals surface area contributed by atoms with E-state index < -0.39 is 0 Å². The molecule has 3 rings (SSSR count). The van der Waals surface area contributed by atoms with Crippen LogP contribution in [0.25, 0.3) is 0 Å². The molecule has 1 atom stereocenters. The van der Waals surface area contributed by atoms with Crippen LogP contribution in [0.1, 0.15) is 37.7 Å². The number of nitrogens with zero attached hydrogens (tertiary/aromatic N) is 1. The van der Waals surface area contributed by atoms with Crippen molar-refractivity contribution in [3.63, 3.8) is 0 Å². The van der Waals surface area contributed by atoms with Gasteiger partial charge < -0.3 is 10.2 Å². The Labute approximate surface area is 110 Å². The summed E-state index contributed by atoms with van der Waals surface area (Å²) in [5, 5.41) is 3.71. The van der Waals surface area contributed by atoms with Crippen LogP contribution in [0.15, 0.2) is 24.3 Å². The molecule has 0 amide bonds. The topological polar surface area (TPSA) is 15.3 Å². The Morgan fingerprint density at radius 3 is 2.83 bits per heavy atom. The Bertz CT molecular complexity index is 382. The van der Waals surface area contributed by atoms with E-state index in [0.29, 0.717) is 6.04 Å². The number of benzene rings is 1. The molecule has 1 saturated heterocycles. The second-order valence-electron chi connectivity index (χ2n) is 5.73. The first-order valence-electron chi connectivity index (χ1n) is 7.48. The zero-order chi connectivity index (χ0) is 12.2. The van der Waals surface area contributed by atoms with Gasteiger partial charge in [-0.2, -0.15) is 0 Å². The van der Waals surface area contributed by atoms with Crippen LogP contribution in [-0.4, -0.2) is 30.6 Å². The molecule has 0 spiro atoms. The van der Waals surface area contributed by atoms with Crippen molar-refractivity contribution in [1.82, 2.24) is 4.90 Å². The van der Waals surface area contributed by atoms with Crippen LogP contribution in [0.4, 0.5) is 5.69 Å². The van der Waals surface area contributed by atoms with Crippen LogP contribution in [0.2, 0.25) is 0 Å². The molecule has 2 nitrogen and oxygen atoms in total. The van der Waals surface area contributed by atoms with Crippen LogP contribution in [-0.2, 0) is 6.42 Å². The maximum absolute atomic E-state index is 3.71. The number of aryl methyl sites for hydroxylation is 1. The lowest BCUT2D eigenvalue weighted by atomic mass is 9.96. The summed E-state index contributed by atoms with van der Waals surface area (Å²) < 4.78 is 0. The summed E-state index contributed by atoms with van der Waals surface area (Å²) in [6, 6.07) is 9.45. The highest BCUT2D eigenvalue weighted by molar-refractivity contribution is 5.53. The van der Waals surface area contributed by atoms with E-state index in [9.17, 15) is 0 Å². The molecule has 2 heterocycles. The molecule has 1 aromatic rings. The van der Waals surface area contributed by atoms with Gasteiger partial charge in [0.25, 0.3) is 0 Å². The van der Waals surface area contributed by atoms with Crippen molar-refractivity contribution in [2.24, 2.45) is 0 Å². The maximum atomic E-state index is 3.71. The molecule has 2 aliphatic rings. The van der Waals surface area contributed by atoms with Crippen LogP contribution in [0.3, 0.4) is 0 Å². The second-order valence-corrected chi connectivity index (χ2v) is 5.73. The van der Waals surface area contributed by atoms with Gasteiger partial charge in [-0.25, -0.2) is 0 Å². The predicted octanol–water partition coefficient (Wildman–Crippen LogP) is 3.29. The molecule has 18 heavy (non-hydrogen) atoms. The predicted molar refractivity (Wildman–Crippen MR) is 77.1 cm³/mol. The van der Waals surface area contributed by atoms with Gasteiger partial charge >= 0.3 is 0 Å². The lowest BCUT2D eigenvalue weighted by Gasteiger charge is -2.31. The highest BCUT2D eigenvalue weighted by atomic mass is 15.1. The molecular formula is C16H24N2. The average molecular weight is 244 g/mol. The fourth-order valence-electron chi connectivity index (χ4n) is 3.24. The third-order valence-corrected chi connectivity index (χ3v) is 4.38. The number of rotatable bonds is 3. The fraction of sp³-hybridized carbons (Fsp3) is 0.625. The van der Waals surface area contributed by atoms with Crippen molar-refractivity contribution in [2.75, 3.05) is 25.0 Å². The fourth-order valence-corrected chi connectivity index (χ4v) is 3.24. The van der Waals surface area contributed by atoms with Crippen LogP contribution < -0.4 is 5.32 Å². The molecule has 0 aromatic heterocycles. The quantitative estimate of drug-likeness (QED) is 0.877. The van der Waals surface area contributed by atoms with Crippen molar-refractivity contribution < 1.29 is 0 Å². The Morgan fingerprint density at radius 2 is 1.94 bits per heavy atom. The van der Waals surface area contributed by atoms with Crippen LogP contribution in [0, 0.1) is 0 Å². The van der Waals surface area contributed by atoms with Crippen molar-refractivity contribution >= 4 is 5.69 Å². The highest BCUT2D eigenvalue weighted by Gasteiger charge is 2.18. The molecule has 0 radical (unpaired) electrons. The Hall–Kier alpha value is -1.02. The van der Waals surface area contributed by atoms with E-state index in [4.69, 9.17) is 0 Å². The average Bonchev–Trinajstić information content (AvgIpc) is 2.46. The maximum Gasteiger partial charge on any atom is 0.0374 e. The molecular weight excluding hydrogens is 220 g/mol. The molecule has 1 N–H and O–H groups in total. The number of hydrogen-bond donors (Lipinski definition) is 1. The summed E-state index contributed by atoms with van der Waals surface area (Å²) in [7, 11) is 0. The van der Waals surface area contributed by atoms with Crippen LogP contribution in [0.5, 0.6) is 0 Å². The molecule has 2 heteroatoms. The molecule has 98 valence electrons. The number of nitrogens with one attached hydrogen (secondary N) is 1. The number of hydrogen-bond acceptors (Lipinski definition) is 2. The highest BCUT2D eigenvalue weighted by Crippen LogP contribution is 2.25. The van der Waals surface area contributed by atoms with Crippen molar-refractivity contribution in [2.45, 2.75) is 44.6 Å². The summed E-state index contributed by atoms with van der Waals surface area (Å²) in [6.07, 6.45) is 8.08. The molecule has 2 aliphatic heterocycles. The van der Waals surface area contributed by atoms with E-state index in [-0.39, 0.29) is 0 Å². The van der Waals surface area contributed by atoms with Crippen molar-refractivity contribution in [1.29, 1.82) is 0 Å². The summed E-state index contributed by atoms with van der Waals surface area (Å²) in [5.74, 6) is 0. The second kappa shape index (κ2) is 5.75. The minimum absolute atomic E-state index is 0.682. The van der Waals surface area contributed by atoms with Crippen LogP contribution >= 0.6 is 0 Å². The number of piperidine rings is 1. The van der Waals surface area contributed by atoms with Gasteiger partial charge in [0.15, 0.2) is 0 Å². The van der Waals surface area contributed by atoms with Gasteiger partial charge in [-0.15, -0.1) is 0 Å². The third-order valence-electron chi connectivity index (χ3n) is 4.38. The van der Waals surface area contributed by atoms with Gasteiger partial charge in [-0.1, -0.05) is 24.6 Å². The summed E-state index contributed by atoms with van der Waals surface area (Å²) in [5.41, 5.74) is 2.86. The zero-order valence-corrected chi connectivity index (χ0v) is 11.2. The van der Waals surface area contributed by atoms with E-state index in [2.05, 4.69) is 34.5 Å². The minimum atomic E-state index is 0.682. The van der Waals surface area contributed by atoms with Crippen molar-refractivity contribution in [3.8, 4) is 0 Å². The SMILES string of the molecule is c1ccc2c(c1)CCC(CCN1CCCCC1)N2. The first kappa shape index (κ1) is 12.0. The van der Waals surface area contributed by atoms with Gasteiger partial charge in [-0.05, 0) is 56.8 Å². The van der Waals surface area contributed by atoms with Gasteiger partial charge in [-0.3, -0.25) is 0 Å². The van der Waals surface area contributed by atoms with E-state index in [1.807, 2.05) is 0 Å². The normalized spacial score (nSPS) is 24.3. The molecule has 1 fully saturated rings. The van der Waals surface area contributed by atoms with Gasteiger partial charge in [0.05, 0.1) is 0 Å². The number of fused-ring (bicyclic) bond motifs is 1. The van der Waals surface area contributed by atoms with Gasteiger partial charge in [0.2, 0.25) is 0 Å². The molecule has 1 aromatic carbocycles. The lowest BCUT2D eigenvalue weighted by molar-refractivity contribution is 0.221. The van der Waals surface area contributed by atoms with E-state index in [0.717, 1.165) is 0 Å². The lowest BCUT2D eigenvalue weighted by Crippen LogP contribution is -2.35. The number of anilines is 1. The molecule has 1 unspecified atom stereocenters. The monoisotopic (exact) mass is 244 g/mol. The van der Waals surface area contributed by atoms with Gasteiger partial charge in [0.1, 0.15) is 0 Å². The zero-order valence-electron chi connectivity index (χ0n) is 11.2. The summed E-state index contributed by atoms with van der Waals surface area (Å²) in [4.78, 5) is 2.64. The Balaban J connectivity index is 1.50. The van der Waals surface area contributed by atoms with Crippen molar-refractivity contribution in [3.05, 3.63) is 29.8 Å². The Morgan fingerprint density at radius 1 is 1.11 bits per heavy atom. The summed E-state index contributed by atoms with van der Waals surface area (Å²) >= 11 is 0. The minimum Gasteiger partial charge on any atom is -0.382 e. The largest absolute Gasteiger partial charge is 0.382 e. The molecule has 0 saturated carbocycles.